The van der Waals surface area contributed by atoms with Crippen molar-refractivity contribution in [1.82, 2.24) is 14.8 Å². The number of aryl methyl sites for hydroxylation is 1. The SMILES string of the molecule is COc1cc(OC)c2cc(C(=O)N[C@H](C(=O)N3CCC[C@H]3C(=O)O)C(C)C)n(C)c2c1. The third-order valence-corrected chi connectivity index (χ3v) is 5.83. The van der Waals surface area contributed by atoms with Gasteiger partial charge in [0.15, 0.2) is 0 Å². The standard InChI is InChI=1S/C22H29N3O6/c1-12(2)19(21(27)25-8-6-7-15(25)22(28)29)23-20(26)17-11-14-16(24(17)3)9-13(30-4)10-18(14)31-5/h9-12,15,19H,6-8H2,1-5H3,(H,23,26)(H,28,29)/t15-,19-/m0/s1. The first-order chi connectivity index (χ1) is 14.7. The summed E-state index contributed by atoms with van der Waals surface area (Å²) in [5.41, 5.74) is 1.11. The molecule has 0 aliphatic carbocycles. The van der Waals surface area contributed by atoms with E-state index in [1.165, 1.54) is 4.90 Å². The summed E-state index contributed by atoms with van der Waals surface area (Å²) in [6, 6.07) is 3.58. The number of ether oxygens (including phenoxy) is 2. The number of fused-ring (bicyclic) bond motifs is 1. The van der Waals surface area contributed by atoms with Gasteiger partial charge in [0.25, 0.3) is 5.91 Å². The minimum atomic E-state index is -1.02. The molecule has 31 heavy (non-hydrogen) atoms. The molecule has 168 valence electrons. The van der Waals surface area contributed by atoms with Gasteiger partial charge in [-0.25, -0.2) is 4.79 Å². The number of methoxy groups -OCH3 is 2. The Hall–Kier alpha value is -3.23. The maximum atomic E-state index is 13.1. The predicted octanol–water partition coefficient (Wildman–Crippen LogP) is 2.03. The lowest BCUT2D eigenvalue weighted by Crippen LogP contribution is -2.53. The number of nitrogens with zero attached hydrogens (tertiary/aromatic N) is 2. The van der Waals surface area contributed by atoms with Crippen LogP contribution < -0.4 is 14.8 Å². The Morgan fingerprint density at radius 2 is 1.87 bits per heavy atom. The van der Waals surface area contributed by atoms with Gasteiger partial charge in [-0.3, -0.25) is 9.59 Å². The van der Waals surface area contributed by atoms with Gasteiger partial charge in [-0.1, -0.05) is 13.8 Å². The molecule has 9 nitrogen and oxygen atoms in total. The maximum Gasteiger partial charge on any atom is 0.326 e. The van der Waals surface area contributed by atoms with Crippen molar-refractivity contribution in [2.45, 2.75) is 38.8 Å². The van der Waals surface area contributed by atoms with Gasteiger partial charge in [0.05, 0.1) is 19.7 Å². The molecule has 1 fully saturated rings. The van der Waals surface area contributed by atoms with Crippen LogP contribution in [0.4, 0.5) is 0 Å². The van der Waals surface area contributed by atoms with Gasteiger partial charge in [0.1, 0.15) is 29.3 Å². The number of carbonyl (C=O) groups is 3. The van der Waals surface area contributed by atoms with Gasteiger partial charge in [-0.15, -0.1) is 0 Å². The number of carboxylic acids is 1. The van der Waals surface area contributed by atoms with Crippen molar-refractivity contribution in [3.05, 3.63) is 23.9 Å². The van der Waals surface area contributed by atoms with E-state index < -0.39 is 24.0 Å². The highest BCUT2D eigenvalue weighted by Crippen LogP contribution is 2.33. The second-order valence-electron chi connectivity index (χ2n) is 8.07. The van der Waals surface area contributed by atoms with Gasteiger partial charge in [0, 0.05) is 31.1 Å². The van der Waals surface area contributed by atoms with Gasteiger partial charge in [-0.2, -0.15) is 0 Å². The summed E-state index contributed by atoms with van der Waals surface area (Å²) < 4.78 is 12.5. The van der Waals surface area contributed by atoms with Gasteiger partial charge in [-0.05, 0) is 24.8 Å². The molecule has 1 aromatic carbocycles. The molecule has 0 spiro atoms. The van der Waals surface area contributed by atoms with E-state index in [2.05, 4.69) is 5.32 Å². The van der Waals surface area contributed by atoms with Crippen LogP contribution in [0.3, 0.4) is 0 Å². The van der Waals surface area contributed by atoms with E-state index >= 15 is 0 Å². The number of aliphatic carboxylic acids is 1. The molecule has 2 N–H and O–H groups in total. The zero-order valence-corrected chi connectivity index (χ0v) is 18.5. The number of nitrogens with one attached hydrogen (secondary N) is 1. The topological polar surface area (TPSA) is 110 Å². The van der Waals surface area contributed by atoms with Crippen LogP contribution >= 0.6 is 0 Å². The average Bonchev–Trinajstić information content (AvgIpc) is 3.36. The number of hydrogen-bond donors (Lipinski definition) is 2. The first-order valence-electron chi connectivity index (χ1n) is 10.2. The van der Waals surface area contributed by atoms with Crippen LogP contribution in [0.1, 0.15) is 37.2 Å². The van der Waals surface area contributed by atoms with Crippen molar-refractivity contribution in [3.8, 4) is 11.5 Å². The lowest BCUT2D eigenvalue weighted by molar-refractivity contribution is -0.149. The molecule has 0 radical (unpaired) electrons. The monoisotopic (exact) mass is 431 g/mol. The maximum absolute atomic E-state index is 13.1. The van der Waals surface area contributed by atoms with E-state index in [0.29, 0.717) is 36.6 Å². The molecular formula is C22H29N3O6. The first kappa shape index (κ1) is 22.5. The highest BCUT2D eigenvalue weighted by atomic mass is 16.5. The number of likely N-dealkylation sites (tertiary alicyclic amines) is 1. The fraction of sp³-hybridized carbons (Fsp3) is 0.500. The largest absolute Gasteiger partial charge is 0.497 e. The van der Waals surface area contributed by atoms with Crippen molar-refractivity contribution in [2.24, 2.45) is 13.0 Å². The summed E-state index contributed by atoms with van der Waals surface area (Å²) >= 11 is 0. The fourth-order valence-corrected chi connectivity index (χ4v) is 4.07. The fourth-order valence-electron chi connectivity index (χ4n) is 4.07. The molecule has 3 rings (SSSR count). The minimum absolute atomic E-state index is 0.212. The van der Waals surface area contributed by atoms with Crippen molar-refractivity contribution in [2.75, 3.05) is 20.8 Å². The first-order valence-corrected chi connectivity index (χ1v) is 10.2. The van der Waals surface area contributed by atoms with E-state index in [0.717, 1.165) is 10.9 Å². The third kappa shape index (κ3) is 4.17. The van der Waals surface area contributed by atoms with Crippen LogP contribution in [0.2, 0.25) is 0 Å². The molecule has 2 atom stereocenters. The second kappa shape index (κ2) is 8.87. The summed E-state index contributed by atoms with van der Waals surface area (Å²) in [7, 11) is 4.85. The highest BCUT2D eigenvalue weighted by Gasteiger charge is 2.38. The van der Waals surface area contributed by atoms with Gasteiger partial charge < -0.3 is 29.4 Å². The van der Waals surface area contributed by atoms with Crippen LogP contribution in [-0.4, -0.2) is 65.2 Å². The Balaban J connectivity index is 1.91. The van der Waals surface area contributed by atoms with E-state index in [4.69, 9.17) is 9.47 Å². The second-order valence-corrected chi connectivity index (χ2v) is 8.07. The Bertz CT molecular complexity index is 1010. The summed E-state index contributed by atoms with van der Waals surface area (Å²) in [5, 5.41) is 13.0. The summed E-state index contributed by atoms with van der Waals surface area (Å²) in [4.78, 5) is 39.1. The molecule has 2 aromatic rings. The quantitative estimate of drug-likeness (QED) is 0.694. The Labute approximate surface area is 180 Å². The molecule has 0 bridgehead atoms. The smallest absolute Gasteiger partial charge is 0.326 e. The normalized spacial score (nSPS) is 17.1. The summed E-state index contributed by atoms with van der Waals surface area (Å²) in [5.74, 6) is -0.849. The van der Waals surface area contributed by atoms with Crippen LogP contribution in [0, 0.1) is 5.92 Å². The summed E-state index contributed by atoms with van der Waals surface area (Å²) in [6.45, 7) is 4.02. The Morgan fingerprint density at radius 1 is 1.16 bits per heavy atom. The molecule has 1 aliphatic rings. The number of carboxylic acid groups (broad SMARTS) is 1. The van der Waals surface area contributed by atoms with Gasteiger partial charge in [0.2, 0.25) is 5.91 Å². The number of benzene rings is 1. The molecule has 9 heteroatoms. The number of rotatable bonds is 7. The number of aromatic nitrogens is 1. The molecule has 0 saturated carbocycles. The highest BCUT2D eigenvalue weighted by molar-refractivity contribution is 6.02. The van der Waals surface area contributed by atoms with Crippen molar-refractivity contribution >= 4 is 28.7 Å². The van der Waals surface area contributed by atoms with Crippen LogP contribution in [-0.2, 0) is 16.6 Å². The zero-order valence-electron chi connectivity index (χ0n) is 18.5. The molecule has 1 saturated heterocycles. The number of amides is 2. The van der Waals surface area contributed by atoms with Crippen molar-refractivity contribution in [3.63, 3.8) is 0 Å². The van der Waals surface area contributed by atoms with Crippen molar-refractivity contribution in [1.29, 1.82) is 0 Å². The third-order valence-electron chi connectivity index (χ3n) is 5.83. The van der Waals surface area contributed by atoms with Gasteiger partial charge >= 0.3 is 5.97 Å². The van der Waals surface area contributed by atoms with Crippen LogP contribution in [0.5, 0.6) is 11.5 Å². The average molecular weight is 431 g/mol. The van der Waals surface area contributed by atoms with E-state index in [1.54, 1.807) is 44.0 Å². The molecule has 1 aromatic heterocycles. The zero-order chi connectivity index (χ0) is 22.9. The number of carbonyl (C=O) groups excluding carboxylic acids is 2. The van der Waals surface area contributed by atoms with Crippen LogP contribution in [0.25, 0.3) is 10.9 Å². The minimum Gasteiger partial charge on any atom is -0.497 e. The van der Waals surface area contributed by atoms with Crippen LogP contribution in [0.15, 0.2) is 18.2 Å². The van der Waals surface area contributed by atoms with E-state index in [1.807, 2.05) is 13.8 Å². The Morgan fingerprint density at radius 3 is 2.45 bits per heavy atom. The molecule has 2 amide bonds. The molecular weight excluding hydrogens is 402 g/mol. The predicted molar refractivity (Wildman–Crippen MR) is 114 cm³/mol. The van der Waals surface area contributed by atoms with E-state index in [-0.39, 0.29) is 11.8 Å². The Kier molecular flexibility index (Phi) is 6.42. The molecule has 2 heterocycles. The van der Waals surface area contributed by atoms with Crippen molar-refractivity contribution < 1.29 is 29.0 Å². The lowest BCUT2D eigenvalue weighted by Gasteiger charge is -2.29. The summed E-state index contributed by atoms with van der Waals surface area (Å²) in [6.07, 6.45) is 1.05. The number of hydrogen-bond acceptors (Lipinski definition) is 5. The lowest BCUT2D eigenvalue weighted by atomic mass is 10.0. The van der Waals surface area contributed by atoms with E-state index in [9.17, 15) is 19.5 Å². The molecule has 0 unspecified atom stereocenters. The molecule has 1 aliphatic heterocycles.